The van der Waals surface area contributed by atoms with Crippen LogP contribution in [0, 0.1) is 0 Å². The van der Waals surface area contributed by atoms with Crippen molar-refractivity contribution in [2.75, 3.05) is 59.2 Å². The van der Waals surface area contributed by atoms with Crippen molar-refractivity contribution in [1.82, 2.24) is 10.2 Å². The third kappa shape index (κ3) is 5.38. The molecule has 0 amide bonds. The standard InChI is InChI=1S/C24H36FN3O5/c25-17-14-16(26)2-3-19(17)33-20-4-5-27-18-15-21(23-24(22(18)20)32-13-12-31-23)30-9-1-6-28-7-10-29-11-8-28/h15-16,20,23-24,27H,1-14,26H2. The van der Waals surface area contributed by atoms with Gasteiger partial charge < -0.3 is 34.7 Å². The average Bonchev–Trinajstić information content (AvgIpc) is 2.84. The van der Waals surface area contributed by atoms with Crippen molar-refractivity contribution < 1.29 is 28.1 Å². The molecule has 33 heavy (non-hydrogen) atoms. The maximum Gasteiger partial charge on any atom is 0.145 e. The molecule has 8 nitrogen and oxygen atoms in total. The van der Waals surface area contributed by atoms with Crippen LogP contribution in [0.3, 0.4) is 0 Å². The SMILES string of the molecule is NC1CCC(OC2CCNC3=C2C2OCCOC2C(OCCCN2CCOCC2)=C3)=C(F)C1. The zero-order chi connectivity index (χ0) is 22.6. The second kappa shape index (κ2) is 10.7. The minimum Gasteiger partial charge on any atom is -0.495 e. The molecule has 0 aromatic heterocycles. The predicted molar refractivity (Wildman–Crippen MR) is 120 cm³/mol. The number of nitrogens with two attached hydrogens (primary N) is 1. The first kappa shape index (κ1) is 23.1. The second-order valence-electron chi connectivity index (χ2n) is 9.31. The fraction of sp³-hybridized carbons (Fsp3) is 0.750. The van der Waals surface area contributed by atoms with Crippen LogP contribution in [0.4, 0.5) is 4.39 Å². The fourth-order valence-corrected chi connectivity index (χ4v) is 5.22. The van der Waals surface area contributed by atoms with Gasteiger partial charge in [0.1, 0.15) is 35.7 Å². The average molecular weight is 466 g/mol. The fourth-order valence-electron chi connectivity index (χ4n) is 5.22. The first-order valence-electron chi connectivity index (χ1n) is 12.3. The molecule has 0 radical (unpaired) electrons. The number of nitrogens with zero attached hydrogens (tertiary/aromatic N) is 1. The van der Waals surface area contributed by atoms with Crippen molar-refractivity contribution in [3.8, 4) is 0 Å². The van der Waals surface area contributed by atoms with E-state index in [1.54, 1.807) is 0 Å². The minimum atomic E-state index is -0.300. The summed E-state index contributed by atoms with van der Waals surface area (Å²) in [7, 11) is 0. The number of fused-ring (bicyclic) bond motifs is 2. The van der Waals surface area contributed by atoms with Gasteiger partial charge in [-0.2, -0.15) is 0 Å². The predicted octanol–water partition coefficient (Wildman–Crippen LogP) is 1.73. The number of hydrogen-bond acceptors (Lipinski definition) is 8. The highest BCUT2D eigenvalue weighted by Gasteiger charge is 2.44. The highest BCUT2D eigenvalue weighted by molar-refractivity contribution is 5.41. The van der Waals surface area contributed by atoms with Gasteiger partial charge in [0.2, 0.25) is 0 Å². The van der Waals surface area contributed by atoms with Crippen molar-refractivity contribution >= 4 is 0 Å². The molecule has 3 heterocycles. The van der Waals surface area contributed by atoms with E-state index in [-0.39, 0.29) is 36.6 Å². The second-order valence-corrected chi connectivity index (χ2v) is 9.31. The van der Waals surface area contributed by atoms with E-state index in [0.717, 1.165) is 75.7 Å². The van der Waals surface area contributed by atoms with Crippen molar-refractivity contribution in [3.05, 3.63) is 34.7 Å². The van der Waals surface area contributed by atoms with Crippen LogP contribution in [0.5, 0.6) is 0 Å². The van der Waals surface area contributed by atoms with Crippen LogP contribution in [0.1, 0.15) is 32.1 Å². The summed E-state index contributed by atoms with van der Waals surface area (Å²) in [5, 5.41) is 3.47. The Morgan fingerprint density at radius 1 is 1.12 bits per heavy atom. The van der Waals surface area contributed by atoms with Crippen LogP contribution in [-0.4, -0.2) is 88.5 Å². The lowest BCUT2D eigenvalue weighted by Crippen LogP contribution is -2.50. The van der Waals surface area contributed by atoms with Crippen LogP contribution in [0.15, 0.2) is 34.7 Å². The molecule has 0 spiro atoms. The summed E-state index contributed by atoms with van der Waals surface area (Å²) in [6, 6.07) is -0.125. The van der Waals surface area contributed by atoms with Crippen LogP contribution >= 0.6 is 0 Å². The highest BCUT2D eigenvalue weighted by atomic mass is 19.1. The van der Waals surface area contributed by atoms with E-state index >= 15 is 0 Å². The lowest BCUT2D eigenvalue weighted by Gasteiger charge is -2.43. The maximum absolute atomic E-state index is 14.5. The molecule has 184 valence electrons. The number of allylic oxidation sites excluding steroid dienone is 2. The van der Waals surface area contributed by atoms with E-state index in [2.05, 4.69) is 10.2 Å². The Labute approximate surface area is 194 Å². The molecule has 2 saturated heterocycles. The molecule has 9 heteroatoms. The van der Waals surface area contributed by atoms with E-state index < -0.39 is 0 Å². The Hall–Kier alpha value is -1.65. The van der Waals surface area contributed by atoms with Crippen molar-refractivity contribution in [3.63, 3.8) is 0 Å². The summed E-state index contributed by atoms with van der Waals surface area (Å²) in [4.78, 5) is 2.41. The highest BCUT2D eigenvalue weighted by Crippen LogP contribution is 2.38. The van der Waals surface area contributed by atoms with E-state index in [1.165, 1.54) is 0 Å². The van der Waals surface area contributed by atoms with Crippen LogP contribution in [0.25, 0.3) is 0 Å². The topological polar surface area (TPSA) is 87.4 Å². The molecule has 4 unspecified atom stereocenters. The van der Waals surface area contributed by atoms with Gasteiger partial charge in [-0.15, -0.1) is 0 Å². The van der Waals surface area contributed by atoms with E-state index in [9.17, 15) is 4.39 Å². The molecule has 3 N–H and O–H groups in total. The number of halogens is 1. The van der Waals surface area contributed by atoms with E-state index in [0.29, 0.717) is 32.0 Å². The molecular formula is C24H36FN3O5. The Morgan fingerprint density at radius 3 is 2.76 bits per heavy atom. The van der Waals surface area contributed by atoms with Gasteiger partial charge in [0, 0.05) is 68.8 Å². The molecule has 2 aliphatic carbocycles. The molecular weight excluding hydrogens is 429 g/mol. The van der Waals surface area contributed by atoms with E-state index in [4.69, 9.17) is 29.4 Å². The molecule has 3 aliphatic heterocycles. The zero-order valence-electron chi connectivity index (χ0n) is 19.2. The summed E-state index contributed by atoms with van der Waals surface area (Å²) in [5.74, 6) is 1.02. The largest absolute Gasteiger partial charge is 0.495 e. The first-order chi connectivity index (χ1) is 16.2. The van der Waals surface area contributed by atoms with Crippen molar-refractivity contribution in [2.45, 2.75) is 56.5 Å². The summed E-state index contributed by atoms with van der Waals surface area (Å²) in [6.45, 7) is 6.97. The number of ether oxygens (including phenoxy) is 5. The van der Waals surface area contributed by atoms with Crippen LogP contribution in [-0.2, 0) is 23.7 Å². The Morgan fingerprint density at radius 2 is 1.94 bits per heavy atom. The van der Waals surface area contributed by atoms with E-state index in [1.807, 2.05) is 6.08 Å². The third-order valence-corrected chi connectivity index (χ3v) is 6.97. The number of morpholine rings is 1. The minimum absolute atomic E-state index is 0.125. The quantitative estimate of drug-likeness (QED) is 0.550. The Bertz CT molecular complexity index is 795. The molecule has 2 fully saturated rings. The molecule has 5 rings (SSSR count). The molecule has 0 aromatic rings. The maximum atomic E-state index is 14.5. The number of hydrogen-bond donors (Lipinski definition) is 2. The zero-order valence-corrected chi connectivity index (χ0v) is 19.2. The number of rotatable bonds is 7. The lowest BCUT2D eigenvalue weighted by molar-refractivity contribution is -0.134. The third-order valence-electron chi connectivity index (χ3n) is 6.97. The summed E-state index contributed by atoms with van der Waals surface area (Å²) in [5.41, 5.74) is 7.86. The normalized spacial score (nSPS) is 33.1. The lowest BCUT2D eigenvalue weighted by atomic mass is 9.86. The van der Waals surface area contributed by atoms with Gasteiger partial charge in [-0.25, -0.2) is 4.39 Å². The van der Waals surface area contributed by atoms with Gasteiger partial charge in [0.25, 0.3) is 0 Å². The van der Waals surface area contributed by atoms with Gasteiger partial charge in [-0.1, -0.05) is 0 Å². The van der Waals surface area contributed by atoms with Crippen LogP contribution in [0.2, 0.25) is 0 Å². The smallest absolute Gasteiger partial charge is 0.145 e. The molecule has 4 atom stereocenters. The molecule has 0 saturated carbocycles. The van der Waals surface area contributed by atoms with Gasteiger partial charge in [-0.05, 0) is 12.8 Å². The number of nitrogens with one attached hydrogen (secondary N) is 1. The Balaban J connectivity index is 1.27. The molecule has 5 aliphatic rings. The molecule has 0 aromatic carbocycles. The Kier molecular flexibility index (Phi) is 7.52. The van der Waals surface area contributed by atoms with Crippen molar-refractivity contribution in [1.29, 1.82) is 0 Å². The monoisotopic (exact) mass is 465 g/mol. The van der Waals surface area contributed by atoms with Gasteiger partial charge in [0.05, 0.1) is 33.0 Å². The van der Waals surface area contributed by atoms with Gasteiger partial charge >= 0.3 is 0 Å². The van der Waals surface area contributed by atoms with Crippen LogP contribution < -0.4 is 11.1 Å². The summed E-state index contributed by atoms with van der Waals surface area (Å²) < 4.78 is 44.7. The van der Waals surface area contributed by atoms with Gasteiger partial charge in [-0.3, -0.25) is 4.90 Å². The van der Waals surface area contributed by atoms with Gasteiger partial charge in [0.15, 0.2) is 0 Å². The summed E-state index contributed by atoms with van der Waals surface area (Å²) in [6.07, 6.45) is 4.41. The van der Waals surface area contributed by atoms with Crippen molar-refractivity contribution in [2.24, 2.45) is 5.73 Å². The first-order valence-corrected chi connectivity index (χ1v) is 12.3. The summed E-state index contributed by atoms with van der Waals surface area (Å²) >= 11 is 0. The molecule has 0 bridgehead atoms.